The maximum absolute atomic E-state index is 13.2. The lowest BCUT2D eigenvalue weighted by Gasteiger charge is -2.34. The van der Waals surface area contributed by atoms with Gasteiger partial charge in [-0.15, -0.1) is 0 Å². The Labute approximate surface area is 194 Å². The van der Waals surface area contributed by atoms with E-state index in [2.05, 4.69) is 36.0 Å². The molecule has 0 N–H and O–H groups in total. The van der Waals surface area contributed by atoms with Crippen molar-refractivity contribution in [2.24, 2.45) is 0 Å². The van der Waals surface area contributed by atoms with Gasteiger partial charge >= 0.3 is 0 Å². The molecule has 33 heavy (non-hydrogen) atoms. The molecule has 1 fully saturated rings. The molecule has 7 nitrogen and oxygen atoms in total. The van der Waals surface area contributed by atoms with Crippen molar-refractivity contribution >= 4 is 5.91 Å². The third kappa shape index (κ3) is 5.37. The number of methoxy groups -OCH3 is 1. The summed E-state index contributed by atoms with van der Waals surface area (Å²) in [5, 5.41) is 4.07. The Kier molecular flexibility index (Phi) is 6.99. The first-order chi connectivity index (χ1) is 15.9. The fourth-order valence-corrected chi connectivity index (χ4v) is 3.94. The first-order valence-corrected chi connectivity index (χ1v) is 11.2. The summed E-state index contributed by atoms with van der Waals surface area (Å²) in [7, 11) is 1.67. The lowest BCUT2D eigenvalue weighted by molar-refractivity contribution is 0.0616. The van der Waals surface area contributed by atoms with Crippen LogP contribution in [0, 0.1) is 20.8 Å². The number of rotatable bonds is 7. The summed E-state index contributed by atoms with van der Waals surface area (Å²) in [4.78, 5) is 17.4. The zero-order chi connectivity index (χ0) is 23.4. The molecule has 2 aromatic carbocycles. The largest absolute Gasteiger partial charge is 0.497 e. The maximum Gasteiger partial charge on any atom is 0.276 e. The number of amides is 1. The van der Waals surface area contributed by atoms with Crippen LogP contribution >= 0.6 is 0 Å². The van der Waals surface area contributed by atoms with Crippen LogP contribution in [0.5, 0.6) is 11.5 Å². The highest BCUT2D eigenvalue weighted by molar-refractivity contribution is 5.93. The normalized spacial score (nSPS) is 14.4. The number of carbonyl (C=O) groups is 1. The summed E-state index contributed by atoms with van der Waals surface area (Å²) in [6.45, 7) is 9.95. The van der Waals surface area contributed by atoms with E-state index in [9.17, 15) is 4.79 Å². The molecule has 4 rings (SSSR count). The average Bonchev–Trinajstić information content (AvgIpc) is 3.20. The minimum absolute atomic E-state index is 0.102. The van der Waals surface area contributed by atoms with Crippen molar-refractivity contribution in [3.05, 3.63) is 76.2 Å². The minimum Gasteiger partial charge on any atom is -0.497 e. The Balaban J connectivity index is 1.35. The molecule has 0 spiro atoms. The molecule has 7 heteroatoms. The van der Waals surface area contributed by atoms with Gasteiger partial charge in [0.1, 0.15) is 23.9 Å². The molecule has 174 valence electrons. The van der Waals surface area contributed by atoms with E-state index in [1.807, 2.05) is 42.2 Å². The standard InChI is InChI=1S/C26H31N3O4/c1-18-5-8-23(15-19(18)2)32-17-24-20(3)33-27-25(24)26(30)29-13-11-28(12-14-29)16-21-6-9-22(31-4)10-7-21/h5-10,15H,11-14,16-17H2,1-4H3. The molecule has 0 bridgehead atoms. The lowest BCUT2D eigenvalue weighted by Crippen LogP contribution is -2.48. The van der Waals surface area contributed by atoms with Crippen molar-refractivity contribution in [1.82, 2.24) is 15.0 Å². The molecule has 1 aliphatic heterocycles. The van der Waals surface area contributed by atoms with Gasteiger partial charge in [0.2, 0.25) is 0 Å². The summed E-state index contributed by atoms with van der Waals surface area (Å²) in [5.74, 6) is 2.13. The third-order valence-corrected chi connectivity index (χ3v) is 6.27. The van der Waals surface area contributed by atoms with Crippen LogP contribution in [0.4, 0.5) is 0 Å². The van der Waals surface area contributed by atoms with Gasteiger partial charge in [-0.05, 0) is 61.7 Å². The number of ether oxygens (including phenoxy) is 2. The second kappa shape index (κ2) is 10.1. The zero-order valence-electron chi connectivity index (χ0n) is 19.8. The molecule has 2 heterocycles. The van der Waals surface area contributed by atoms with E-state index >= 15 is 0 Å². The second-order valence-corrected chi connectivity index (χ2v) is 8.52. The van der Waals surface area contributed by atoms with Gasteiger partial charge in [-0.1, -0.05) is 23.4 Å². The molecule has 0 saturated carbocycles. The molecule has 1 aliphatic rings. The van der Waals surface area contributed by atoms with Crippen molar-refractivity contribution in [3.63, 3.8) is 0 Å². The van der Waals surface area contributed by atoms with Crippen LogP contribution in [0.3, 0.4) is 0 Å². The molecule has 3 aromatic rings. The summed E-state index contributed by atoms with van der Waals surface area (Å²) >= 11 is 0. The fourth-order valence-electron chi connectivity index (χ4n) is 3.94. The summed E-state index contributed by atoms with van der Waals surface area (Å²) in [6, 6.07) is 14.1. The number of nitrogens with zero attached hydrogens (tertiary/aromatic N) is 3. The molecule has 0 aliphatic carbocycles. The highest BCUT2D eigenvalue weighted by Crippen LogP contribution is 2.22. The number of aryl methyl sites for hydroxylation is 3. The molecule has 0 radical (unpaired) electrons. The molecule has 0 unspecified atom stereocenters. The van der Waals surface area contributed by atoms with Crippen LogP contribution < -0.4 is 9.47 Å². The monoisotopic (exact) mass is 449 g/mol. The van der Waals surface area contributed by atoms with Crippen LogP contribution in [0.25, 0.3) is 0 Å². The highest BCUT2D eigenvalue weighted by atomic mass is 16.5. The predicted octanol–water partition coefficient (Wildman–Crippen LogP) is 4.15. The van der Waals surface area contributed by atoms with E-state index in [4.69, 9.17) is 14.0 Å². The number of hydrogen-bond donors (Lipinski definition) is 0. The number of hydrogen-bond acceptors (Lipinski definition) is 6. The Morgan fingerprint density at radius 1 is 0.970 bits per heavy atom. The smallest absolute Gasteiger partial charge is 0.276 e. The van der Waals surface area contributed by atoms with Gasteiger partial charge < -0.3 is 18.9 Å². The van der Waals surface area contributed by atoms with Crippen LogP contribution in [-0.2, 0) is 13.2 Å². The van der Waals surface area contributed by atoms with Gasteiger partial charge in [-0.2, -0.15) is 0 Å². The van der Waals surface area contributed by atoms with E-state index in [1.54, 1.807) is 7.11 Å². The third-order valence-electron chi connectivity index (χ3n) is 6.27. The molecular weight excluding hydrogens is 418 g/mol. The first kappa shape index (κ1) is 22.9. The Bertz CT molecular complexity index is 1100. The topological polar surface area (TPSA) is 68.0 Å². The Morgan fingerprint density at radius 3 is 2.33 bits per heavy atom. The summed E-state index contributed by atoms with van der Waals surface area (Å²) in [5.41, 5.74) is 4.66. The lowest BCUT2D eigenvalue weighted by atomic mass is 10.1. The van der Waals surface area contributed by atoms with E-state index < -0.39 is 0 Å². The quantitative estimate of drug-likeness (QED) is 0.540. The van der Waals surface area contributed by atoms with Gasteiger partial charge in [0, 0.05) is 32.7 Å². The van der Waals surface area contributed by atoms with Crippen LogP contribution in [0.2, 0.25) is 0 Å². The van der Waals surface area contributed by atoms with Crippen molar-refractivity contribution in [3.8, 4) is 11.5 Å². The van der Waals surface area contributed by atoms with Crippen LogP contribution in [0.1, 0.15) is 38.5 Å². The molecule has 0 atom stereocenters. The van der Waals surface area contributed by atoms with Gasteiger partial charge in [-0.3, -0.25) is 9.69 Å². The van der Waals surface area contributed by atoms with Crippen LogP contribution in [-0.4, -0.2) is 54.2 Å². The highest BCUT2D eigenvalue weighted by Gasteiger charge is 2.28. The summed E-state index contributed by atoms with van der Waals surface area (Å²) in [6.07, 6.45) is 0. The number of piperazine rings is 1. The van der Waals surface area contributed by atoms with Crippen molar-refractivity contribution in [1.29, 1.82) is 0 Å². The van der Waals surface area contributed by atoms with Crippen molar-refractivity contribution in [2.45, 2.75) is 33.9 Å². The van der Waals surface area contributed by atoms with Gasteiger partial charge in [0.05, 0.1) is 12.7 Å². The van der Waals surface area contributed by atoms with E-state index in [1.165, 1.54) is 16.7 Å². The average molecular weight is 450 g/mol. The van der Waals surface area contributed by atoms with E-state index in [-0.39, 0.29) is 12.5 Å². The van der Waals surface area contributed by atoms with Crippen molar-refractivity contribution < 1.29 is 18.8 Å². The number of carbonyl (C=O) groups excluding carboxylic acids is 1. The van der Waals surface area contributed by atoms with E-state index in [0.29, 0.717) is 30.1 Å². The van der Waals surface area contributed by atoms with Crippen molar-refractivity contribution in [2.75, 3.05) is 33.3 Å². The minimum atomic E-state index is -0.102. The Morgan fingerprint density at radius 2 is 1.67 bits per heavy atom. The Hall–Kier alpha value is -3.32. The van der Waals surface area contributed by atoms with Gasteiger partial charge in [0.15, 0.2) is 5.69 Å². The molecular formula is C26H31N3O4. The number of aromatic nitrogens is 1. The maximum atomic E-state index is 13.2. The van der Waals surface area contributed by atoms with Crippen LogP contribution in [0.15, 0.2) is 47.0 Å². The molecule has 1 saturated heterocycles. The second-order valence-electron chi connectivity index (χ2n) is 8.52. The van der Waals surface area contributed by atoms with Gasteiger partial charge in [0.25, 0.3) is 5.91 Å². The van der Waals surface area contributed by atoms with E-state index in [0.717, 1.165) is 31.1 Å². The fraction of sp³-hybridized carbons (Fsp3) is 0.385. The van der Waals surface area contributed by atoms with Gasteiger partial charge in [-0.25, -0.2) is 0 Å². The number of benzene rings is 2. The predicted molar refractivity (Wildman–Crippen MR) is 126 cm³/mol. The molecule has 1 amide bonds. The molecule has 1 aromatic heterocycles. The SMILES string of the molecule is COc1ccc(CN2CCN(C(=O)c3noc(C)c3COc3ccc(C)c(C)c3)CC2)cc1. The summed E-state index contributed by atoms with van der Waals surface area (Å²) < 4.78 is 16.5. The first-order valence-electron chi connectivity index (χ1n) is 11.2. The zero-order valence-corrected chi connectivity index (χ0v) is 19.8.